The molecule has 118 valence electrons. The quantitative estimate of drug-likeness (QED) is 0.780. The molecule has 0 saturated carbocycles. The van der Waals surface area contributed by atoms with Crippen molar-refractivity contribution in [2.75, 3.05) is 13.2 Å². The molecule has 1 aromatic carbocycles. The van der Waals surface area contributed by atoms with Crippen LogP contribution in [0.5, 0.6) is 0 Å². The normalized spacial score (nSPS) is 27.0. The summed E-state index contributed by atoms with van der Waals surface area (Å²) in [5.74, 6) is -0.259. The SMILES string of the molecule is CCOC(=O)C12CCC(=O)N1CC(OCc1ccccc1)C2. The van der Waals surface area contributed by atoms with E-state index in [2.05, 4.69) is 0 Å². The van der Waals surface area contributed by atoms with Gasteiger partial charge in [-0.1, -0.05) is 30.3 Å². The second kappa shape index (κ2) is 6.08. The summed E-state index contributed by atoms with van der Waals surface area (Å²) < 4.78 is 11.1. The molecule has 3 rings (SSSR count). The second-order valence-corrected chi connectivity index (χ2v) is 5.88. The Labute approximate surface area is 130 Å². The zero-order chi connectivity index (χ0) is 15.6. The molecule has 0 bridgehead atoms. The summed E-state index contributed by atoms with van der Waals surface area (Å²) in [7, 11) is 0. The van der Waals surface area contributed by atoms with E-state index in [0.717, 1.165) is 5.56 Å². The van der Waals surface area contributed by atoms with Crippen LogP contribution in [0.3, 0.4) is 0 Å². The Bertz CT molecular complexity index is 559. The maximum absolute atomic E-state index is 12.3. The number of rotatable bonds is 5. The first-order chi connectivity index (χ1) is 10.7. The summed E-state index contributed by atoms with van der Waals surface area (Å²) >= 11 is 0. The first-order valence-corrected chi connectivity index (χ1v) is 7.79. The smallest absolute Gasteiger partial charge is 0.332 e. The molecule has 5 nitrogen and oxygen atoms in total. The Balaban J connectivity index is 1.67. The Hall–Kier alpha value is -1.88. The minimum absolute atomic E-state index is 0.0267. The third-order valence-corrected chi connectivity index (χ3v) is 4.51. The molecule has 1 amide bonds. The second-order valence-electron chi connectivity index (χ2n) is 5.88. The third-order valence-electron chi connectivity index (χ3n) is 4.51. The molecule has 2 aliphatic rings. The lowest BCUT2D eigenvalue weighted by Crippen LogP contribution is -2.48. The fraction of sp³-hybridized carbons (Fsp3) is 0.529. The van der Waals surface area contributed by atoms with Gasteiger partial charge in [0.25, 0.3) is 0 Å². The molecule has 2 saturated heterocycles. The molecule has 2 aliphatic heterocycles. The van der Waals surface area contributed by atoms with E-state index in [0.29, 0.717) is 39.0 Å². The molecule has 0 aromatic heterocycles. The highest BCUT2D eigenvalue weighted by molar-refractivity contribution is 5.92. The van der Waals surface area contributed by atoms with E-state index in [1.54, 1.807) is 11.8 Å². The molecule has 0 aliphatic carbocycles. The minimum Gasteiger partial charge on any atom is -0.464 e. The molecule has 0 spiro atoms. The van der Waals surface area contributed by atoms with E-state index in [1.165, 1.54) is 0 Å². The minimum atomic E-state index is -0.797. The number of esters is 1. The Kier molecular flexibility index (Phi) is 4.16. The maximum atomic E-state index is 12.3. The standard InChI is InChI=1S/C17H21NO4/c1-2-21-16(20)17-9-8-15(19)18(17)11-14(10-17)22-12-13-6-4-3-5-7-13/h3-7,14H,2,8-12H2,1H3. The number of hydrogen-bond donors (Lipinski definition) is 0. The van der Waals surface area contributed by atoms with Crippen LogP contribution in [0.25, 0.3) is 0 Å². The summed E-state index contributed by atoms with van der Waals surface area (Å²) in [5.41, 5.74) is 0.292. The van der Waals surface area contributed by atoms with Crippen molar-refractivity contribution in [3.05, 3.63) is 35.9 Å². The van der Waals surface area contributed by atoms with Crippen molar-refractivity contribution in [1.29, 1.82) is 0 Å². The molecule has 2 atom stereocenters. The number of carbonyl (C=O) groups excluding carboxylic acids is 2. The predicted octanol–water partition coefficient (Wildman–Crippen LogP) is 1.90. The van der Waals surface area contributed by atoms with Crippen LogP contribution in [0.15, 0.2) is 30.3 Å². The number of hydrogen-bond acceptors (Lipinski definition) is 4. The summed E-state index contributed by atoms with van der Waals surface area (Å²) in [6.45, 7) is 3.09. The van der Waals surface area contributed by atoms with Crippen molar-refractivity contribution < 1.29 is 19.1 Å². The zero-order valence-corrected chi connectivity index (χ0v) is 12.8. The van der Waals surface area contributed by atoms with Gasteiger partial charge in [0.2, 0.25) is 5.91 Å². The third kappa shape index (κ3) is 2.61. The van der Waals surface area contributed by atoms with E-state index in [4.69, 9.17) is 9.47 Å². The first kappa shape index (κ1) is 15.0. The Morgan fingerprint density at radius 1 is 1.36 bits per heavy atom. The molecular formula is C17H21NO4. The summed E-state index contributed by atoms with van der Waals surface area (Å²) in [4.78, 5) is 26.1. The van der Waals surface area contributed by atoms with Crippen molar-refractivity contribution >= 4 is 11.9 Å². The Morgan fingerprint density at radius 2 is 2.14 bits per heavy atom. The van der Waals surface area contributed by atoms with E-state index < -0.39 is 5.54 Å². The fourth-order valence-electron chi connectivity index (χ4n) is 3.42. The molecular weight excluding hydrogens is 282 g/mol. The molecule has 2 unspecified atom stereocenters. The highest BCUT2D eigenvalue weighted by Crippen LogP contribution is 2.41. The number of amides is 1. The van der Waals surface area contributed by atoms with Crippen molar-refractivity contribution in [3.63, 3.8) is 0 Å². The number of carbonyl (C=O) groups is 2. The number of fused-ring (bicyclic) bond motifs is 1. The van der Waals surface area contributed by atoms with Gasteiger partial charge < -0.3 is 14.4 Å². The van der Waals surface area contributed by atoms with Crippen LogP contribution in [-0.2, 0) is 25.7 Å². The lowest BCUT2D eigenvalue weighted by Gasteiger charge is -2.28. The molecule has 22 heavy (non-hydrogen) atoms. The molecule has 0 radical (unpaired) electrons. The largest absolute Gasteiger partial charge is 0.464 e. The number of benzene rings is 1. The maximum Gasteiger partial charge on any atom is 0.332 e. The number of nitrogens with zero attached hydrogens (tertiary/aromatic N) is 1. The van der Waals surface area contributed by atoms with Crippen LogP contribution < -0.4 is 0 Å². The average Bonchev–Trinajstić information content (AvgIpc) is 3.05. The van der Waals surface area contributed by atoms with Crippen molar-refractivity contribution in [2.45, 2.75) is 44.4 Å². The van der Waals surface area contributed by atoms with Gasteiger partial charge in [-0.25, -0.2) is 4.79 Å². The van der Waals surface area contributed by atoms with Crippen LogP contribution in [-0.4, -0.2) is 41.6 Å². The highest BCUT2D eigenvalue weighted by atomic mass is 16.5. The number of ether oxygens (including phenoxy) is 2. The average molecular weight is 303 g/mol. The van der Waals surface area contributed by atoms with Crippen LogP contribution in [0.4, 0.5) is 0 Å². The van der Waals surface area contributed by atoms with Gasteiger partial charge in [-0.05, 0) is 18.9 Å². The highest BCUT2D eigenvalue weighted by Gasteiger charge is 2.58. The van der Waals surface area contributed by atoms with Gasteiger partial charge in [0, 0.05) is 19.4 Å². The van der Waals surface area contributed by atoms with Gasteiger partial charge in [-0.3, -0.25) is 4.79 Å². The molecule has 2 fully saturated rings. The van der Waals surface area contributed by atoms with E-state index in [1.807, 2.05) is 30.3 Å². The summed E-state index contributed by atoms with van der Waals surface area (Å²) in [6.07, 6.45) is 1.37. The van der Waals surface area contributed by atoms with E-state index in [9.17, 15) is 9.59 Å². The zero-order valence-electron chi connectivity index (χ0n) is 12.8. The van der Waals surface area contributed by atoms with Crippen molar-refractivity contribution in [2.24, 2.45) is 0 Å². The van der Waals surface area contributed by atoms with Gasteiger partial charge in [0.15, 0.2) is 0 Å². The van der Waals surface area contributed by atoms with Crippen LogP contribution in [0.1, 0.15) is 31.7 Å². The fourth-order valence-corrected chi connectivity index (χ4v) is 3.42. The summed E-state index contributed by atoms with van der Waals surface area (Å²) in [6, 6.07) is 9.90. The lowest BCUT2D eigenvalue weighted by atomic mass is 9.93. The topological polar surface area (TPSA) is 55.8 Å². The van der Waals surface area contributed by atoms with Crippen molar-refractivity contribution in [1.82, 2.24) is 4.90 Å². The molecule has 0 N–H and O–H groups in total. The van der Waals surface area contributed by atoms with Crippen LogP contribution >= 0.6 is 0 Å². The van der Waals surface area contributed by atoms with Crippen LogP contribution in [0.2, 0.25) is 0 Å². The van der Waals surface area contributed by atoms with Crippen molar-refractivity contribution in [3.8, 4) is 0 Å². The molecule has 5 heteroatoms. The molecule has 2 heterocycles. The van der Waals surface area contributed by atoms with E-state index in [-0.39, 0.29) is 18.0 Å². The lowest BCUT2D eigenvalue weighted by molar-refractivity contribution is -0.157. The monoisotopic (exact) mass is 303 g/mol. The van der Waals surface area contributed by atoms with Gasteiger partial charge in [-0.2, -0.15) is 0 Å². The van der Waals surface area contributed by atoms with Gasteiger partial charge in [0.1, 0.15) is 5.54 Å². The van der Waals surface area contributed by atoms with Gasteiger partial charge >= 0.3 is 5.97 Å². The van der Waals surface area contributed by atoms with Gasteiger partial charge in [-0.15, -0.1) is 0 Å². The summed E-state index contributed by atoms with van der Waals surface area (Å²) in [5, 5.41) is 0. The van der Waals surface area contributed by atoms with Gasteiger partial charge in [0.05, 0.1) is 19.3 Å². The van der Waals surface area contributed by atoms with E-state index >= 15 is 0 Å². The van der Waals surface area contributed by atoms with Crippen LogP contribution in [0, 0.1) is 0 Å². The predicted molar refractivity (Wildman–Crippen MR) is 79.9 cm³/mol. The Morgan fingerprint density at radius 3 is 2.86 bits per heavy atom. The first-order valence-electron chi connectivity index (χ1n) is 7.79. The molecule has 1 aromatic rings.